The third-order valence-corrected chi connectivity index (χ3v) is 4.13. The lowest BCUT2D eigenvalue weighted by Gasteiger charge is -2.31. The Morgan fingerprint density at radius 1 is 1.48 bits per heavy atom. The molecule has 1 aromatic carbocycles. The van der Waals surface area contributed by atoms with Gasteiger partial charge in [-0.2, -0.15) is 0 Å². The van der Waals surface area contributed by atoms with Crippen molar-refractivity contribution in [3.63, 3.8) is 0 Å². The first-order chi connectivity index (χ1) is 10.1. The number of benzene rings is 1. The monoisotopic (exact) mass is 290 g/mol. The lowest BCUT2D eigenvalue weighted by molar-refractivity contribution is 0.0596. The molecule has 1 amide bonds. The maximum atomic E-state index is 12.4. The highest BCUT2D eigenvalue weighted by Crippen LogP contribution is 2.28. The van der Waals surface area contributed by atoms with Gasteiger partial charge in [-0.15, -0.1) is 0 Å². The van der Waals surface area contributed by atoms with Crippen LogP contribution in [-0.2, 0) is 17.9 Å². The second-order valence-electron chi connectivity index (χ2n) is 5.53. The summed E-state index contributed by atoms with van der Waals surface area (Å²) in [5, 5.41) is 12.6. The molecule has 112 valence electrons. The number of esters is 1. The molecular formula is C15H18N2O4. The van der Waals surface area contributed by atoms with Gasteiger partial charge in [0.2, 0.25) is 0 Å². The Hall–Kier alpha value is -1.92. The third-order valence-electron chi connectivity index (χ3n) is 4.13. The summed E-state index contributed by atoms with van der Waals surface area (Å²) < 4.78 is 4.73. The van der Waals surface area contributed by atoms with E-state index in [2.05, 4.69) is 5.32 Å². The Morgan fingerprint density at radius 2 is 2.24 bits per heavy atom. The number of aliphatic hydroxyl groups excluding tert-OH is 1. The van der Waals surface area contributed by atoms with Gasteiger partial charge >= 0.3 is 5.97 Å². The molecular weight excluding hydrogens is 272 g/mol. The molecule has 0 unspecified atom stereocenters. The molecule has 0 radical (unpaired) electrons. The smallest absolute Gasteiger partial charge is 0.338 e. The average Bonchev–Trinajstić information content (AvgIpc) is 2.76. The molecule has 0 atom stereocenters. The van der Waals surface area contributed by atoms with Gasteiger partial charge in [0.15, 0.2) is 0 Å². The number of ether oxygens (including phenoxy) is 1. The maximum absolute atomic E-state index is 12.4. The summed E-state index contributed by atoms with van der Waals surface area (Å²) in [4.78, 5) is 26.0. The normalized spacial score (nSPS) is 17.6. The predicted octanol–water partition coefficient (Wildman–Crippen LogP) is 0.141. The van der Waals surface area contributed by atoms with Crippen molar-refractivity contribution in [3.8, 4) is 0 Å². The number of carbonyl (C=O) groups is 2. The van der Waals surface area contributed by atoms with Crippen molar-refractivity contribution in [2.24, 2.45) is 5.92 Å². The number of hydrogen-bond donors (Lipinski definition) is 2. The van der Waals surface area contributed by atoms with Crippen LogP contribution in [0.5, 0.6) is 0 Å². The largest absolute Gasteiger partial charge is 0.465 e. The fraction of sp³-hybridized carbons (Fsp3) is 0.467. The van der Waals surface area contributed by atoms with E-state index in [4.69, 9.17) is 4.74 Å². The number of aliphatic hydroxyl groups is 1. The molecule has 1 fully saturated rings. The first-order valence-corrected chi connectivity index (χ1v) is 6.99. The number of fused-ring (bicyclic) bond motifs is 1. The topological polar surface area (TPSA) is 78.9 Å². The molecule has 6 heteroatoms. The van der Waals surface area contributed by atoms with Gasteiger partial charge in [0, 0.05) is 37.7 Å². The number of carbonyl (C=O) groups excluding carboxylic acids is 2. The average molecular weight is 290 g/mol. The highest BCUT2D eigenvalue weighted by Gasteiger charge is 2.32. The summed E-state index contributed by atoms with van der Waals surface area (Å²) in [5.41, 5.74) is 2.17. The van der Waals surface area contributed by atoms with E-state index in [1.54, 1.807) is 17.0 Å². The van der Waals surface area contributed by atoms with E-state index in [9.17, 15) is 14.7 Å². The van der Waals surface area contributed by atoms with Crippen molar-refractivity contribution in [2.45, 2.75) is 13.2 Å². The Morgan fingerprint density at radius 3 is 2.81 bits per heavy atom. The minimum absolute atomic E-state index is 0.0250. The van der Waals surface area contributed by atoms with E-state index >= 15 is 0 Å². The summed E-state index contributed by atoms with van der Waals surface area (Å²) in [6.45, 7) is 2.82. The molecule has 3 rings (SSSR count). The quantitative estimate of drug-likeness (QED) is 0.771. The minimum Gasteiger partial charge on any atom is -0.465 e. The van der Waals surface area contributed by atoms with Crippen LogP contribution in [0.4, 0.5) is 0 Å². The first-order valence-electron chi connectivity index (χ1n) is 6.99. The highest BCUT2D eigenvalue weighted by molar-refractivity contribution is 6.01. The van der Waals surface area contributed by atoms with E-state index < -0.39 is 5.97 Å². The summed E-state index contributed by atoms with van der Waals surface area (Å²) >= 11 is 0. The lowest BCUT2D eigenvalue weighted by atomic mass is 10.00. The van der Waals surface area contributed by atoms with Gasteiger partial charge in [0.1, 0.15) is 0 Å². The van der Waals surface area contributed by atoms with Crippen LogP contribution in [0.25, 0.3) is 0 Å². The van der Waals surface area contributed by atoms with Crippen molar-refractivity contribution in [1.29, 1.82) is 0 Å². The van der Waals surface area contributed by atoms with E-state index in [1.165, 1.54) is 7.11 Å². The van der Waals surface area contributed by atoms with E-state index in [0.717, 1.165) is 25.2 Å². The van der Waals surface area contributed by atoms with Crippen LogP contribution >= 0.6 is 0 Å². The molecule has 2 heterocycles. The van der Waals surface area contributed by atoms with Crippen molar-refractivity contribution in [3.05, 3.63) is 34.4 Å². The van der Waals surface area contributed by atoms with Crippen molar-refractivity contribution in [1.82, 2.24) is 10.2 Å². The molecule has 0 aromatic heterocycles. The molecule has 2 aliphatic rings. The third kappa shape index (κ3) is 2.41. The maximum Gasteiger partial charge on any atom is 0.338 e. The molecule has 21 heavy (non-hydrogen) atoms. The van der Waals surface area contributed by atoms with Crippen LogP contribution in [0, 0.1) is 5.92 Å². The fourth-order valence-electron chi connectivity index (χ4n) is 2.83. The zero-order chi connectivity index (χ0) is 15.0. The van der Waals surface area contributed by atoms with Crippen LogP contribution in [0.3, 0.4) is 0 Å². The molecule has 0 aliphatic carbocycles. The summed E-state index contributed by atoms with van der Waals surface area (Å²) in [6, 6.07) is 3.28. The number of nitrogens with zero attached hydrogens (tertiary/aromatic N) is 1. The van der Waals surface area contributed by atoms with Gasteiger partial charge < -0.3 is 20.1 Å². The van der Waals surface area contributed by atoms with E-state index in [-0.39, 0.29) is 12.5 Å². The predicted molar refractivity (Wildman–Crippen MR) is 74.8 cm³/mol. The van der Waals surface area contributed by atoms with Gasteiger partial charge in [0.25, 0.3) is 5.91 Å². The minimum atomic E-state index is -0.490. The zero-order valence-electron chi connectivity index (χ0n) is 11.9. The van der Waals surface area contributed by atoms with Crippen LogP contribution in [0.2, 0.25) is 0 Å². The first kappa shape index (κ1) is 14.0. The Balaban J connectivity index is 1.89. The van der Waals surface area contributed by atoms with Gasteiger partial charge in [-0.05, 0) is 23.3 Å². The van der Waals surface area contributed by atoms with Crippen molar-refractivity contribution in [2.75, 3.05) is 26.7 Å². The van der Waals surface area contributed by atoms with Gasteiger partial charge in [-0.3, -0.25) is 4.79 Å². The van der Waals surface area contributed by atoms with Crippen LogP contribution in [0.1, 0.15) is 31.8 Å². The van der Waals surface area contributed by atoms with Crippen LogP contribution in [0.15, 0.2) is 12.1 Å². The second kappa shape index (κ2) is 5.46. The van der Waals surface area contributed by atoms with Crippen molar-refractivity contribution < 1.29 is 19.4 Å². The molecule has 1 saturated heterocycles. The number of nitrogens with one attached hydrogen (secondary N) is 1. The summed E-state index contributed by atoms with van der Waals surface area (Å²) in [7, 11) is 1.30. The van der Waals surface area contributed by atoms with Gasteiger partial charge in [0.05, 0.1) is 19.3 Å². The summed E-state index contributed by atoms with van der Waals surface area (Å²) in [6.07, 6.45) is 0. The molecule has 0 spiro atoms. The number of rotatable bonds is 4. The van der Waals surface area contributed by atoms with Gasteiger partial charge in [-0.1, -0.05) is 0 Å². The Kier molecular flexibility index (Phi) is 3.65. The van der Waals surface area contributed by atoms with Crippen LogP contribution in [-0.4, -0.2) is 48.6 Å². The Labute approximate surface area is 122 Å². The standard InChI is InChI=1S/C15H18N2O4/c1-21-15(20)13-2-10-7-17(6-9-4-16-5-9)14(19)12(10)3-11(13)8-18/h2-3,9,16,18H,4-8H2,1H3. The molecule has 2 aliphatic heterocycles. The fourth-order valence-corrected chi connectivity index (χ4v) is 2.83. The molecule has 2 N–H and O–H groups in total. The zero-order valence-corrected chi connectivity index (χ0v) is 11.9. The Bertz CT molecular complexity index is 596. The molecule has 1 aromatic rings. The second-order valence-corrected chi connectivity index (χ2v) is 5.53. The van der Waals surface area contributed by atoms with E-state index in [1.807, 2.05) is 0 Å². The lowest BCUT2D eigenvalue weighted by Crippen LogP contribution is -2.48. The molecule has 6 nitrogen and oxygen atoms in total. The van der Waals surface area contributed by atoms with Crippen molar-refractivity contribution >= 4 is 11.9 Å². The molecule has 0 bridgehead atoms. The number of hydrogen-bond acceptors (Lipinski definition) is 5. The van der Waals surface area contributed by atoms with Gasteiger partial charge in [-0.25, -0.2) is 4.79 Å². The van der Waals surface area contributed by atoms with Crippen LogP contribution < -0.4 is 5.32 Å². The molecule has 0 saturated carbocycles. The van der Waals surface area contributed by atoms with E-state index in [0.29, 0.717) is 29.2 Å². The number of amides is 1. The summed E-state index contributed by atoms with van der Waals surface area (Å²) in [5.74, 6) is -0.0143. The number of methoxy groups -OCH3 is 1. The highest BCUT2D eigenvalue weighted by atomic mass is 16.5. The SMILES string of the molecule is COC(=O)c1cc2c(cc1CO)C(=O)N(CC1CNC1)C2.